The van der Waals surface area contributed by atoms with Crippen LogP contribution in [0.5, 0.6) is 0 Å². The van der Waals surface area contributed by atoms with E-state index in [2.05, 4.69) is 56.5 Å². The Kier molecular flexibility index (Phi) is 6.39. The van der Waals surface area contributed by atoms with Gasteiger partial charge in [0.2, 0.25) is 5.91 Å². The monoisotopic (exact) mass is 409 g/mol. The second-order valence-electron chi connectivity index (χ2n) is 9.32. The van der Waals surface area contributed by atoms with Gasteiger partial charge in [-0.2, -0.15) is 0 Å². The van der Waals surface area contributed by atoms with Crippen LogP contribution in [0.3, 0.4) is 0 Å². The summed E-state index contributed by atoms with van der Waals surface area (Å²) in [6, 6.07) is 8.50. The van der Waals surface area contributed by atoms with E-state index < -0.39 is 0 Å². The number of carbonyl (C=O) groups is 2. The van der Waals surface area contributed by atoms with Gasteiger partial charge in [-0.15, -0.1) is 0 Å². The van der Waals surface area contributed by atoms with Crippen molar-refractivity contribution >= 4 is 11.8 Å². The molecule has 2 heterocycles. The van der Waals surface area contributed by atoms with E-state index in [0.717, 1.165) is 61.4 Å². The summed E-state index contributed by atoms with van der Waals surface area (Å²) in [4.78, 5) is 26.3. The molecule has 2 aromatic rings. The molecular formula is C25H35N3O2. The number of hydrogen-bond acceptors (Lipinski definition) is 2. The lowest BCUT2D eigenvalue weighted by Gasteiger charge is -2.19. The van der Waals surface area contributed by atoms with E-state index in [9.17, 15) is 9.59 Å². The maximum absolute atomic E-state index is 12.4. The van der Waals surface area contributed by atoms with Gasteiger partial charge in [0.1, 0.15) is 0 Å². The first-order chi connectivity index (χ1) is 14.1. The van der Waals surface area contributed by atoms with Gasteiger partial charge < -0.3 is 15.2 Å². The molecule has 0 atom stereocenters. The number of amides is 2. The maximum Gasteiger partial charge on any atom is 0.251 e. The highest BCUT2D eigenvalue weighted by atomic mass is 16.2. The lowest BCUT2D eigenvalue weighted by Crippen LogP contribution is -2.26. The van der Waals surface area contributed by atoms with Crippen LogP contribution in [-0.2, 0) is 23.2 Å². The predicted molar refractivity (Wildman–Crippen MR) is 122 cm³/mol. The van der Waals surface area contributed by atoms with E-state index in [1.165, 1.54) is 5.56 Å². The van der Waals surface area contributed by atoms with Gasteiger partial charge in [0.05, 0.1) is 5.56 Å². The molecule has 0 saturated carbocycles. The van der Waals surface area contributed by atoms with Crippen LogP contribution in [0.1, 0.15) is 74.3 Å². The standard InChI is InChI=1S/C25H35N3O2/c1-6-20-23(18-10-12-19(13-11-18)25(3,4)5)22(24(26)30)17(2)28(20)16-8-15-27-14-7-9-21(27)29/h10-13H,6-9,14-16H2,1-5H3,(H2,26,30). The second-order valence-corrected chi connectivity index (χ2v) is 9.32. The lowest BCUT2D eigenvalue weighted by atomic mass is 9.86. The van der Waals surface area contributed by atoms with Crippen LogP contribution in [0.2, 0.25) is 0 Å². The Hall–Kier alpha value is -2.56. The summed E-state index contributed by atoms with van der Waals surface area (Å²) in [5.41, 5.74) is 11.8. The first-order valence-electron chi connectivity index (χ1n) is 11.1. The van der Waals surface area contributed by atoms with Crippen molar-refractivity contribution in [3.05, 3.63) is 46.8 Å². The van der Waals surface area contributed by atoms with Crippen molar-refractivity contribution in [3.8, 4) is 11.1 Å². The van der Waals surface area contributed by atoms with Crippen molar-refractivity contribution in [2.24, 2.45) is 5.73 Å². The highest BCUT2D eigenvalue weighted by Crippen LogP contribution is 2.35. The summed E-state index contributed by atoms with van der Waals surface area (Å²) in [7, 11) is 0. The van der Waals surface area contributed by atoms with Crippen LogP contribution in [-0.4, -0.2) is 34.4 Å². The highest BCUT2D eigenvalue weighted by Gasteiger charge is 2.25. The number of nitrogens with zero attached hydrogens (tertiary/aromatic N) is 2. The Morgan fingerprint density at radius 3 is 2.30 bits per heavy atom. The van der Waals surface area contributed by atoms with Gasteiger partial charge in [-0.25, -0.2) is 0 Å². The largest absolute Gasteiger partial charge is 0.366 e. The average Bonchev–Trinajstić information content (AvgIpc) is 3.22. The number of primary amides is 1. The summed E-state index contributed by atoms with van der Waals surface area (Å²) in [6.07, 6.45) is 3.31. The maximum atomic E-state index is 12.4. The Labute approximate surface area is 180 Å². The minimum atomic E-state index is -0.384. The third-order valence-corrected chi connectivity index (χ3v) is 6.23. The molecule has 2 amide bonds. The predicted octanol–water partition coefficient (Wildman–Crippen LogP) is 4.43. The van der Waals surface area contributed by atoms with E-state index in [4.69, 9.17) is 5.73 Å². The Balaban J connectivity index is 1.95. The third-order valence-electron chi connectivity index (χ3n) is 6.23. The normalized spacial score (nSPS) is 14.6. The minimum Gasteiger partial charge on any atom is -0.366 e. The first-order valence-corrected chi connectivity index (χ1v) is 11.1. The van der Waals surface area contributed by atoms with Gasteiger partial charge in [-0.3, -0.25) is 9.59 Å². The lowest BCUT2D eigenvalue weighted by molar-refractivity contribution is -0.127. The van der Waals surface area contributed by atoms with Crippen LogP contribution >= 0.6 is 0 Å². The molecule has 1 aliphatic rings. The summed E-state index contributed by atoms with van der Waals surface area (Å²) >= 11 is 0. The van der Waals surface area contributed by atoms with Crippen molar-refractivity contribution in [2.45, 2.75) is 72.3 Å². The molecule has 1 aromatic heterocycles. The third kappa shape index (κ3) is 4.30. The Bertz CT molecular complexity index is 933. The van der Waals surface area contributed by atoms with E-state index in [0.29, 0.717) is 12.0 Å². The molecule has 0 radical (unpaired) electrons. The molecule has 1 aromatic carbocycles. The molecule has 0 unspecified atom stereocenters. The Morgan fingerprint density at radius 1 is 1.13 bits per heavy atom. The molecule has 2 N–H and O–H groups in total. The molecular weight excluding hydrogens is 374 g/mol. The van der Waals surface area contributed by atoms with Crippen LogP contribution in [0, 0.1) is 6.92 Å². The van der Waals surface area contributed by atoms with Gasteiger partial charge in [0, 0.05) is 43.0 Å². The topological polar surface area (TPSA) is 68.3 Å². The van der Waals surface area contributed by atoms with E-state index in [1.54, 1.807) is 0 Å². The van der Waals surface area contributed by atoms with Crippen LogP contribution in [0.4, 0.5) is 0 Å². The molecule has 30 heavy (non-hydrogen) atoms. The van der Waals surface area contributed by atoms with Gasteiger partial charge in [0.25, 0.3) is 5.91 Å². The molecule has 0 spiro atoms. The fraction of sp³-hybridized carbons (Fsp3) is 0.520. The first kappa shape index (κ1) is 22.1. The molecule has 5 nitrogen and oxygen atoms in total. The van der Waals surface area contributed by atoms with E-state index >= 15 is 0 Å². The van der Waals surface area contributed by atoms with Gasteiger partial charge in [0.15, 0.2) is 0 Å². The highest BCUT2D eigenvalue weighted by molar-refractivity contribution is 6.02. The zero-order chi connectivity index (χ0) is 22.1. The zero-order valence-corrected chi connectivity index (χ0v) is 19.0. The van der Waals surface area contributed by atoms with Crippen molar-refractivity contribution in [1.82, 2.24) is 9.47 Å². The summed E-state index contributed by atoms with van der Waals surface area (Å²) in [5.74, 6) is -0.127. The van der Waals surface area contributed by atoms with E-state index in [1.807, 2.05) is 11.8 Å². The summed E-state index contributed by atoms with van der Waals surface area (Å²) < 4.78 is 2.23. The number of rotatable bonds is 7. The Morgan fingerprint density at radius 2 is 1.80 bits per heavy atom. The number of benzene rings is 1. The molecule has 0 aliphatic carbocycles. The SMILES string of the molecule is CCc1c(-c2ccc(C(C)(C)C)cc2)c(C(N)=O)c(C)n1CCCN1CCCC1=O. The molecule has 0 bridgehead atoms. The summed E-state index contributed by atoms with van der Waals surface area (Å²) in [5, 5.41) is 0. The number of likely N-dealkylation sites (tertiary alicyclic amines) is 1. The molecule has 1 aliphatic heterocycles. The number of carbonyl (C=O) groups excluding carboxylic acids is 2. The molecule has 5 heteroatoms. The fourth-order valence-corrected chi connectivity index (χ4v) is 4.58. The number of aromatic nitrogens is 1. The zero-order valence-electron chi connectivity index (χ0n) is 19.0. The molecule has 1 fully saturated rings. The molecule has 3 rings (SSSR count). The van der Waals surface area contributed by atoms with Crippen molar-refractivity contribution in [1.29, 1.82) is 0 Å². The average molecular weight is 410 g/mol. The van der Waals surface area contributed by atoms with Gasteiger partial charge in [-0.1, -0.05) is 52.0 Å². The van der Waals surface area contributed by atoms with Crippen molar-refractivity contribution in [2.75, 3.05) is 13.1 Å². The van der Waals surface area contributed by atoms with Gasteiger partial charge >= 0.3 is 0 Å². The number of nitrogens with two attached hydrogens (primary N) is 1. The van der Waals surface area contributed by atoms with Gasteiger partial charge in [-0.05, 0) is 42.7 Å². The van der Waals surface area contributed by atoms with Crippen molar-refractivity contribution < 1.29 is 9.59 Å². The minimum absolute atomic E-state index is 0.0769. The molecule has 1 saturated heterocycles. The summed E-state index contributed by atoms with van der Waals surface area (Å²) in [6.45, 7) is 13.1. The smallest absolute Gasteiger partial charge is 0.251 e. The van der Waals surface area contributed by atoms with Crippen LogP contribution in [0.25, 0.3) is 11.1 Å². The van der Waals surface area contributed by atoms with Crippen LogP contribution < -0.4 is 5.73 Å². The fourth-order valence-electron chi connectivity index (χ4n) is 4.58. The number of hydrogen-bond donors (Lipinski definition) is 1. The molecule has 162 valence electrons. The quantitative estimate of drug-likeness (QED) is 0.735. The second kappa shape index (κ2) is 8.66. The van der Waals surface area contributed by atoms with E-state index in [-0.39, 0.29) is 17.2 Å². The van der Waals surface area contributed by atoms with Crippen molar-refractivity contribution in [3.63, 3.8) is 0 Å². The van der Waals surface area contributed by atoms with Crippen LogP contribution in [0.15, 0.2) is 24.3 Å².